The minimum atomic E-state index is -0.775. The Balaban J connectivity index is 2.07. The average Bonchev–Trinajstić information content (AvgIpc) is 2.65. The second kappa shape index (κ2) is 8.77. The van der Waals surface area contributed by atoms with E-state index >= 15 is 0 Å². The SMILES string of the molecule is COc1cc(/C=N\N(C)C(=S)NCc2ccccc2)cc([N+](=O)[O-])c1[O-]. The summed E-state index contributed by atoms with van der Waals surface area (Å²) in [6, 6.07) is 12.3. The highest BCUT2D eigenvalue weighted by Gasteiger charge is 2.13. The molecule has 0 aliphatic heterocycles. The first kappa shape index (κ1) is 19.1. The lowest BCUT2D eigenvalue weighted by Gasteiger charge is -2.16. The van der Waals surface area contributed by atoms with E-state index in [4.69, 9.17) is 17.0 Å². The minimum absolute atomic E-state index is 0.118. The molecule has 0 aliphatic rings. The van der Waals surface area contributed by atoms with Crippen molar-refractivity contribution in [1.82, 2.24) is 10.3 Å². The van der Waals surface area contributed by atoms with Gasteiger partial charge in [-0.25, -0.2) is 5.01 Å². The number of ether oxygens (including phenoxy) is 1. The summed E-state index contributed by atoms with van der Waals surface area (Å²) in [4.78, 5) is 10.2. The van der Waals surface area contributed by atoms with Crippen LogP contribution in [0.2, 0.25) is 0 Å². The molecule has 2 aromatic rings. The first-order chi connectivity index (χ1) is 12.4. The molecule has 0 bridgehead atoms. The van der Waals surface area contributed by atoms with Gasteiger partial charge in [0, 0.05) is 31.0 Å². The molecule has 2 rings (SSSR count). The summed E-state index contributed by atoms with van der Waals surface area (Å²) in [7, 11) is 2.92. The van der Waals surface area contributed by atoms with E-state index in [1.807, 2.05) is 30.3 Å². The zero-order valence-corrected chi connectivity index (χ0v) is 15.0. The highest BCUT2D eigenvalue weighted by molar-refractivity contribution is 7.80. The van der Waals surface area contributed by atoms with Gasteiger partial charge in [0.05, 0.1) is 18.2 Å². The Kier molecular flexibility index (Phi) is 6.45. The Hall–Kier alpha value is -3.20. The fraction of sp³-hybridized carbons (Fsp3) is 0.176. The van der Waals surface area contributed by atoms with Gasteiger partial charge in [-0.3, -0.25) is 10.1 Å². The van der Waals surface area contributed by atoms with E-state index in [-0.39, 0.29) is 5.75 Å². The van der Waals surface area contributed by atoms with Crippen molar-refractivity contribution < 1.29 is 14.8 Å². The average molecular weight is 373 g/mol. The van der Waals surface area contributed by atoms with Crippen LogP contribution >= 0.6 is 12.2 Å². The number of thiocarbonyl (C=S) groups is 1. The molecule has 9 heteroatoms. The van der Waals surface area contributed by atoms with Crippen molar-refractivity contribution >= 4 is 29.2 Å². The lowest BCUT2D eigenvalue weighted by Crippen LogP contribution is -2.33. The van der Waals surface area contributed by atoms with Gasteiger partial charge < -0.3 is 15.2 Å². The van der Waals surface area contributed by atoms with Gasteiger partial charge >= 0.3 is 0 Å². The topological polar surface area (TPSA) is 103 Å². The van der Waals surface area contributed by atoms with Crippen molar-refractivity contribution in [2.45, 2.75) is 6.54 Å². The molecule has 2 aromatic carbocycles. The summed E-state index contributed by atoms with van der Waals surface area (Å²) in [5.41, 5.74) is 0.850. The number of nitro groups is 1. The van der Waals surface area contributed by atoms with Crippen LogP contribution in [-0.4, -0.2) is 35.4 Å². The van der Waals surface area contributed by atoms with E-state index in [2.05, 4.69) is 10.4 Å². The molecular formula is C17H17N4O4S-. The summed E-state index contributed by atoms with van der Waals surface area (Å²) in [6.45, 7) is 0.545. The largest absolute Gasteiger partial charge is 0.865 e. The van der Waals surface area contributed by atoms with Crippen LogP contribution in [0.15, 0.2) is 47.6 Å². The predicted molar refractivity (Wildman–Crippen MR) is 100 cm³/mol. The zero-order chi connectivity index (χ0) is 19.1. The molecule has 26 heavy (non-hydrogen) atoms. The summed E-state index contributed by atoms with van der Waals surface area (Å²) in [5, 5.41) is 31.8. The maximum atomic E-state index is 11.8. The summed E-state index contributed by atoms with van der Waals surface area (Å²) in [6.07, 6.45) is 1.37. The zero-order valence-electron chi connectivity index (χ0n) is 14.2. The summed E-state index contributed by atoms with van der Waals surface area (Å²) >= 11 is 5.25. The molecule has 0 unspecified atom stereocenters. The van der Waals surface area contributed by atoms with Crippen LogP contribution in [0.3, 0.4) is 0 Å². The minimum Gasteiger partial charge on any atom is -0.865 e. The maximum absolute atomic E-state index is 11.8. The molecule has 0 aliphatic carbocycles. The van der Waals surface area contributed by atoms with Gasteiger partial charge in [0.15, 0.2) is 5.11 Å². The van der Waals surface area contributed by atoms with E-state index in [1.165, 1.54) is 24.4 Å². The molecule has 0 radical (unpaired) electrons. The van der Waals surface area contributed by atoms with Crippen LogP contribution in [0.1, 0.15) is 11.1 Å². The highest BCUT2D eigenvalue weighted by atomic mass is 32.1. The molecule has 0 atom stereocenters. The Bertz CT molecular complexity index is 827. The molecule has 0 aromatic heterocycles. The Labute approximate surface area is 155 Å². The Morgan fingerprint density at radius 1 is 1.38 bits per heavy atom. The van der Waals surface area contributed by atoms with E-state index < -0.39 is 16.4 Å². The molecule has 0 saturated heterocycles. The molecule has 0 saturated carbocycles. The molecule has 0 amide bonds. The van der Waals surface area contributed by atoms with E-state index in [0.717, 1.165) is 11.6 Å². The van der Waals surface area contributed by atoms with Crippen LogP contribution in [0.25, 0.3) is 0 Å². The molecule has 136 valence electrons. The number of nitrogens with zero attached hydrogens (tertiary/aromatic N) is 3. The number of rotatable bonds is 6. The number of methoxy groups -OCH3 is 1. The second-order valence-corrected chi connectivity index (χ2v) is 5.63. The van der Waals surface area contributed by atoms with Gasteiger partial charge in [-0.05, 0) is 23.8 Å². The van der Waals surface area contributed by atoms with Crippen LogP contribution in [0.5, 0.6) is 11.5 Å². The smallest absolute Gasteiger partial charge is 0.266 e. The van der Waals surface area contributed by atoms with Gasteiger partial charge in [0.25, 0.3) is 5.69 Å². The van der Waals surface area contributed by atoms with Gasteiger partial charge in [0.1, 0.15) is 5.75 Å². The van der Waals surface area contributed by atoms with E-state index in [0.29, 0.717) is 17.2 Å². The van der Waals surface area contributed by atoms with Crippen LogP contribution in [-0.2, 0) is 6.54 Å². The Morgan fingerprint density at radius 2 is 2.08 bits per heavy atom. The van der Waals surface area contributed by atoms with Crippen molar-refractivity contribution in [3.05, 3.63) is 63.7 Å². The fourth-order valence-electron chi connectivity index (χ4n) is 2.06. The maximum Gasteiger partial charge on any atom is 0.266 e. The van der Waals surface area contributed by atoms with Crippen molar-refractivity contribution in [3.8, 4) is 11.5 Å². The van der Waals surface area contributed by atoms with Crippen molar-refractivity contribution in [1.29, 1.82) is 0 Å². The first-order valence-electron chi connectivity index (χ1n) is 7.55. The molecule has 1 N–H and O–H groups in total. The normalized spacial score (nSPS) is 10.5. The van der Waals surface area contributed by atoms with Crippen LogP contribution in [0, 0.1) is 10.1 Å². The number of hydrazone groups is 1. The number of hydrogen-bond acceptors (Lipinski definition) is 6. The third-order valence-electron chi connectivity index (χ3n) is 3.43. The number of nitro benzene ring substituents is 1. The van der Waals surface area contributed by atoms with Crippen molar-refractivity contribution in [2.75, 3.05) is 14.2 Å². The van der Waals surface area contributed by atoms with Gasteiger partial charge in [-0.1, -0.05) is 30.3 Å². The number of hydrogen-bond donors (Lipinski definition) is 1. The molecule has 0 fully saturated rings. The highest BCUT2D eigenvalue weighted by Crippen LogP contribution is 2.33. The lowest BCUT2D eigenvalue weighted by atomic mass is 10.2. The molecule has 8 nitrogen and oxygen atoms in total. The van der Waals surface area contributed by atoms with Gasteiger partial charge in [-0.15, -0.1) is 0 Å². The molecule has 0 heterocycles. The van der Waals surface area contributed by atoms with Crippen LogP contribution in [0.4, 0.5) is 5.69 Å². The number of benzene rings is 2. The summed E-state index contributed by atoms with van der Waals surface area (Å²) < 4.78 is 4.89. The van der Waals surface area contributed by atoms with E-state index in [9.17, 15) is 15.2 Å². The molecular weight excluding hydrogens is 356 g/mol. The lowest BCUT2D eigenvalue weighted by molar-refractivity contribution is -0.398. The van der Waals surface area contributed by atoms with E-state index in [1.54, 1.807) is 7.05 Å². The standard InChI is InChI=1S/C17H18N4O4S/c1-20(17(26)18-10-12-6-4-3-5-7-12)19-11-13-8-14(21(23)24)16(22)15(9-13)25-2/h3-9,11,22H,10H2,1-2H3,(H,18,26)/p-1/b19-11-. The first-order valence-corrected chi connectivity index (χ1v) is 7.96. The third kappa shape index (κ3) is 4.90. The fourth-order valence-corrected chi connectivity index (χ4v) is 2.18. The summed E-state index contributed by atoms with van der Waals surface area (Å²) in [5.74, 6) is -0.892. The monoisotopic (exact) mass is 373 g/mol. The third-order valence-corrected chi connectivity index (χ3v) is 3.84. The van der Waals surface area contributed by atoms with Crippen molar-refractivity contribution in [3.63, 3.8) is 0 Å². The molecule has 0 spiro atoms. The quantitative estimate of drug-likeness (QED) is 0.357. The predicted octanol–water partition coefficient (Wildman–Crippen LogP) is 2.02. The number of nitrogens with one attached hydrogen (secondary N) is 1. The van der Waals surface area contributed by atoms with Crippen molar-refractivity contribution in [2.24, 2.45) is 5.10 Å². The van der Waals surface area contributed by atoms with Crippen LogP contribution < -0.4 is 15.2 Å². The Morgan fingerprint density at radius 3 is 2.69 bits per heavy atom. The van der Waals surface area contributed by atoms with Gasteiger partial charge in [-0.2, -0.15) is 5.10 Å². The second-order valence-electron chi connectivity index (χ2n) is 5.24. The van der Waals surface area contributed by atoms with Gasteiger partial charge in [0.2, 0.25) is 0 Å².